The normalized spacial score (nSPS) is 19.0. The van der Waals surface area contributed by atoms with Crippen LogP contribution in [0, 0.1) is 0 Å². The van der Waals surface area contributed by atoms with E-state index in [9.17, 15) is 9.59 Å². The predicted molar refractivity (Wildman–Crippen MR) is 83.0 cm³/mol. The van der Waals surface area contributed by atoms with Crippen molar-refractivity contribution in [1.29, 1.82) is 0 Å². The number of carbonyl (C=O) groups is 2. The number of methoxy groups -OCH3 is 1. The van der Waals surface area contributed by atoms with E-state index in [0.717, 1.165) is 0 Å². The standard InChI is InChI=1S/C16H21BO5/c1-15(2)16(3,4)22-17(21-15)10-13(18)11-7-6-8-12(9-11)14(19)20-5/h6-9H,10H2,1-5H3. The lowest BCUT2D eigenvalue weighted by Crippen LogP contribution is -2.41. The summed E-state index contributed by atoms with van der Waals surface area (Å²) in [5.41, 5.74) is -0.141. The summed E-state index contributed by atoms with van der Waals surface area (Å²) in [4.78, 5) is 23.9. The van der Waals surface area contributed by atoms with Gasteiger partial charge in [-0.1, -0.05) is 12.1 Å². The van der Waals surface area contributed by atoms with Crippen LogP contribution >= 0.6 is 0 Å². The van der Waals surface area contributed by atoms with Gasteiger partial charge in [0.15, 0.2) is 5.78 Å². The number of ketones is 1. The van der Waals surface area contributed by atoms with Gasteiger partial charge in [0.25, 0.3) is 0 Å². The second-order valence-corrected chi connectivity index (χ2v) is 6.39. The quantitative estimate of drug-likeness (QED) is 0.486. The molecule has 0 saturated carbocycles. The van der Waals surface area contributed by atoms with Crippen LogP contribution in [0.5, 0.6) is 0 Å². The van der Waals surface area contributed by atoms with Crippen LogP contribution in [0.1, 0.15) is 48.4 Å². The Bertz CT molecular complexity index is 578. The zero-order valence-electron chi connectivity index (χ0n) is 13.6. The highest BCUT2D eigenvalue weighted by Crippen LogP contribution is 2.37. The predicted octanol–water partition coefficient (Wildman–Crippen LogP) is 2.75. The third kappa shape index (κ3) is 3.23. The van der Waals surface area contributed by atoms with Crippen molar-refractivity contribution < 1.29 is 23.6 Å². The molecule has 0 aromatic heterocycles. The number of hydrogen-bond acceptors (Lipinski definition) is 5. The number of carbonyl (C=O) groups excluding carboxylic acids is 2. The molecule has 0 spiro atoms. The van der Waals surface area contributed by atoms with Crippen LogP contribution in [0.25, 0.3) is 0 Å². The molecule has 5 nitrogen and oxygen atoms in total. The lowest BCUT2D eigenvalue weighted by atomic mass is 9.80. The zero-order valence-corrected chi connectivity index (χ0v) is 13.6. The van der Waals surface area contributed by atoms with Gasteiger partial charge in [-0.25, -0.2) is 4.79 Å². The highest BCUT2D eigenvalue weighted by molar-refractivity contribution is 6.51. The molecule has 1 aromatic carbocycles. The second kappa shape index (κ2) is 5.86. The molecule has 1 fully saturated rings. The molecule has 0 N–H and O–H groups in total. The first kappa shape index (κ1) is 16.7. The van der Waals surface area contributed by atoms with Gasteiger partial charge in [-0.2, -0.15) is 0 Å². The van der Waals surface area contributed by atoms with Gasteiger partial charge in [0.05, 0.1) is 23.9 Å². The molecule has 0 atom stereocenters. The van der Waals surface area contributed by atoms with Gasteiger partial charge in [-0.15, -0.1) is 0 Å². The summed E-state index contributed by atoms with van der Waals surface area (Å²) in [7, 11) is 0.723. The van der Waals surface area contributed by atoms with Gasteiger partial charge in [-0.3, -0.25) is 4.79 Å². The van der Waals surface area contributed by atoms with E-state index in [1.54, 1.807) is 18.2 Å². The van der Waals surface area contributed by atoms with E-state index in [0.29, 0.717) is 11.1 Å². The number of rotatable bonds is 4. The number of Topliss-reactive ketones (excluding diaryl/α,β-unsaturated/α-hetero) is 1. The van der Waals surface area contributed by atoms with Crippen molar-refractivity contribution in [3.05, 3.63) is 35.4 Å². The fraction of sp³-hybridized carbons (Fsp3) is 0.500. The van der Waals surface area contributed by atoms with Gasteiger partial charge in [0.2, 0.25) is 0 Å². The molecule has 0 aliphatic carbocycles. The fourth-order valence-electron chi connectivity index (χ4n) is 2.26. The Balaban J connectivity index is 2.09. The summed E-state index contributed by atoms with van der Waals surface area (Å²) in [6, 6.07) is 6.46. The number of ether oxygens (including phenoxy) is 1. The molecule has 1 saturated heterocycles. The number of benzene rings is 1. The maximum absolute atomic E-state index is 12.4. The van der Waals surface area contributed by atoms with E-state index in [-0.39, 0.29) is 12.1 Å². The zero-order chi connectivity index (χ0) is 16.5. The monoisotopic (exact) mass is 304 g/mol. The van der Waals surface area contributed by atoms with Crippen molar-refractivity contribution in [2.24, 2.45) is 0 Å². The summed E-state index contributed by atoms with van der Waals surface area (Å²) in [6.45, 7) is 7.76. The van der Waals surface area contributed by atoms with E-state index >= 15 is 0 Å². The molecule has 0 radical (unpaired) electrons. The average Bonchev–Trinajstić information content (AvgIpc) is 2.65. The van der Waals surface area contributed by atoms with Crippen molar-refractivity contribution in [2.45, 2.75) is 45.2 Å². The van der Waals surface area contributed by atoms with Crippen molar-refractivity contribution in [2.75, 3.05) is 7.11 Å². The Morgan fingerprint density at radius 2 is 1.64 bits per heavy atom. The third-order valence-electron chi connectivity index (χ3n) is 4.26. The minimum atomic E-state index is -0.584. The van der Waals surface area contributed by atoms with Crippen LogP contribution in [-0.4, -0.2) is 37.2 Å². The molecule has 118 valence electrons. The topological polar surface area (TPSA) is 61.8 Å². The molecule has 1 aliphatic heterocycles. The SMILES string of the molecule is COC(=O)c1cccc(C(=O)CB2OC(C)(C)C(C)(C)O2)c1. The fourth-order valence-corrected chi connectivity index (χ4v) is 2.26. The molecule has 2 rings (SSSR count). The molecule has 6 heteroatoms. The number of hydrogen-bond donors (Lipinski definition) is 0. The van der Waals surface area contributed by atoms with Crippen LogP contribution in [0.3, 0.4) is 0 Å². The first-order chi connectivity index (χ1) is 10.2. The van der Waals surface area contributed by atoms with Crippen molar-refractivity contribution in [3.63, 3.8) is 0 Å². The van der Waals surface area contributed by atoms with Gasteiger partial charge < -0.3 is 14.0 Å². The third-order valence-corrected chi connectivity index (χ3v) is 4.26. The van der Waals surface area contributed by atoms with Crippen LogP contribution in [0.15, 0.2) is 24.3 Å². The van der Waals surface area contributed by atoms with Gasteiger partial charge in [0, 0.05) is 11.9 Å². The Morgan fingerprint density at radius 3 is 2.18 bits per heavy atom. The molecule has 1 heterocycles. The number of esters is 1. The minimum absolute atomic E-state index is 0.109. The van der Waals surface area contributed by atoms with Crippen LogP contribution in [0.4, 0.5) is 0 Å². The molecule has 0 unspecified atom stereocenters. The molecular formula is C16H21BO5. The van der Waals surface area contributed by atoms with E-state index in [2.05, 4.69) is 4.74 Å². The Labute approximate surface area is 131 Å². The maximum atomic E-state index is 12.4. The maximum Gasteiger partial charge on any atom is 0.465 e. The van der Waals surface area contributed by atoms with Gasteiger partial charge >= 0.3 is 13.1 Å². The van der Waals surface area contributed by atoms with Crippen molar-refractivity contribution in [3.8, 4) is 0 Å². The molecule has 22 heavy (non-hydrogen) atoms. The first-order valence-corrected chi connectivity index (χ1v) is 7.23. The lowest BCUT2D eigenvalue weighted by molar-refractivity contribution is 0.00578. The van der Waals surface area contributed by atoms with Crippen molar-refractivity contribution in [1.82, 2.24) is 0 Å². The summed E-state index contributed by atoms with van der Waals surface area (Å²) < 4.78 is 16.3. The Morgan fingerprint density at radius 1 is 1.09 bits per heavy atom. The summed E-state index contributed by atoms with van der Waals surface area (Å²) >= 11 is 0. The molecule has 0 amide bonds. The largest absolute Gasteiger partial charge is 0.465 e. The van der Waals surface area contributed by atoms with Gasteiger partial charge in [-0.05, 0) is 39.8 Å². The van der Waals surface area contributed by atoms with Crippen molar-refractivity contribution >= 4 is 18.9 Å². The summed E-state index contributed by atoms with van der Waals surface area (Å²) in [6.07, 6.45) is 0.109. The van der Waals surface area contributed by atoms with E-state index in [1.165, 1.54) is 13.2 Å². The lowest BCUT2D eigenvalue weighted by Gasteiger charge is -2.32. The Kier molecular flexibility index (Phi) is 4.45. The molecule has 1 aliphatic rings. The highest BCUT2D eigenvalue weighted by atomic mass is 16.7. The second-order valence-electron chi connectivity index (χ2n) is 6.39. The first-order valence-electron chi connectivity index (χ1n) is 7.23. The molecular weight excluding hydrogens is 283 g/mol. The van der Waals surface area contributed by atoms with Gasteiger partial charge in [0.1, 0.15) is 0 Å². The van der Waals surface area contributed by atoms with E-state index in [4.69, 9.17) is 9.31 Å². The van der Waals surface area contributed by atoms with E-state index < -0.39 is 24.3 Å². The Hall–Kier alpha value is -1.66. The smallest absolute Gasteiger partial charge is 0.465 e. The average molecular weight is 304 g/mol. The molecule has 0 bridgehead atoms. The van der Waals surface area contributed by atoms with Crippen LogP contribution < -0.4 is 0 Å². The summed E-state index contributed by atoms with van der Waals surface area (Å²) in [5.74, 6) is -0.602. The van der Waals surface area contributed by atoms with Crippen LogP contribution in [0.2, 0.25) is 6.32 Å². The molecule has 1 aromatic rings. The van der Waals surface area contributed by atoms with Crippen LogP contribution in [-0.2, 0) is 14.0 Å². The minimum Gasteiger partial charge on any atom is -0.465 e. The van der Waals surface area contributed by atoms with E-state index in [1.807, 2.05) is 27.7 Å². The summed E-state index contributed by atoms with van der Waals surface area (Å²) in [5, 5.41) is 0. The highest BCUT2D eigenvalue weighted by Gasteiger charge is 2.51.